The SMILES string of the molecule is CCCCc1nc(O)c(S(=O)(=O)c2ccc(-c3ccnc(F)c3C)cc2)c(=O)n1C(CC)c1ccc(C#N)c(F)c1. The van der Waals surface area contributed by atoms with Gasteiger partial charge in [-0.3, -0.25) is 9.36 Å². The minimum Gasteiger partial charge on any atom is -0.492 e. The van der Waals surface area contributed by atoms with E-state index in [2.05, 4.69) is 9.97 Å². The number of rotatable bonds is 9. The van der Waals surface area contributed by atoms with Gasteiger partial charge in [0.05, 0.1) is 16.5 Å². The molecular weight excluding hydrogens is 550 g/mol. The van der Waals surface area contributed by atoms with Crippen molar-refractivity contribution in [3.05, 3.63) is 99.4 Å². The van der Waals surface area contributed by atoms with Crippen molar-refractivity contribution in [2.75, 3.05) is 0 Å². The molecule has 41 heavy (non-hydrogen) atoms. The van der Waals surface area contributed by atoms with Gasteiger partial charge in [-0.1, -0.05) is 38.5 Å². The lowest BCUT2D eigenvalue weighted by Gasteiger charge is -2.23. The minimum atomic E-state index is -4.57. The third kappa shape index (κ3) is 5.60. The van der Waals surface area contributed by atoms with Crippen LogP contribution >= 0.6 is 0 Å². The van der Waals surface area contributed by atoms with Crippen LogP contribution < -0.4 is 5.56 Å². The molecule has 1 unspecified atom stereocenters. The van der Waals surface area contributed by atoms with Gasteiger partial charge in [0, 0.05) is 18.2 Å². The summed E-state index contributed by atoms with van der Waals surface area (Å²) in [5, 5.41) is 19.9. The van der Waals surface area contributed by atoms with Crippen LogP contribution in [0.15, 0.2) is 69.3 Å². The normalized spacial score (nSPS) is 12.2. The van der Waals surface area contributed by atoms with Crippen LogP contribution in [0.3, 0.4) is 0 Å². The fraction of sp³-hybridized carbons (Fsp3) is 0.267. The Morgan fingerprint density at radius 3 is 2.41 bits per heavy atom. The molecule has 1 N–H and O–H groups in total. The molecule has 0 aliphatic rings. The third-order valence-corrected chi connectivity index (χ3v) is 8.75. The Kier molecular flexibility index (Phi) is 8.63. The molecule has 0 aliphatic heterocycles. The van der Waals surface area contributed by atoms with Crippen LogP contribution in [0, 0.1) is 30.0 Å². The van der Waals surface area contributed by atoms with E-state index in [9.17, 15) is 27.1 Å². The summed E-state index contributed by atoms with van der Waals surface area (Å²) in [6.07, 6.45) is 3.19. The number of sulfone groups is 1. The summed E-state index contributed by atoms with van der Waals surface area (Å²) in [7, 11) is -4.57. The van der Waals surface area contributed by atoms with Gasteiger partial charge in [-0.25, -0.2) is 17.8 Å². The van der Waals surface area contributed by atoms with E-state index in [-0.39, 0.29) is 29.1 Å². The zero-order valence-electron chi connectivity index (χ0n) is 22.7. The van der Waals surface area contributed by atoms with E-state index >= 15 is 0 Å². The molecule has 8 nitrogen and oxygen atoms in total. The van der Waals surface area contributed by atoms with Crippen LogP contribution in [-0.4, -0.2) is 28.1 Å². The number of aromatic nitrogens is 3. The fourth-order valence-corrected chi connectivity index (χ4v) is 6.11. The molecule has 4 rings (SSSR count). The van der Waals surface area contributed by atoms with Gasteiger partial charge in [0.2, 0.25) is 21.7 Å². The van der Waals surface area contributed by atoms with Gasteiger partial charge in [0.1, 0.15) is 17.7 Å². The van der Waals surface area contributed by atoms with E-state index in [1.165, 1.54) is 47.2 Å². The lowest BCUT2D eigenvalue weighted by atomic mass is 10.0. The Bertz CT molecular complexity index is 1810. The zero-order chi connectivity index (χ0) is 29.9. The largest absolute Gasteiger partial charge is 0.492 e. The van der Waals surface area contributed by atoms with E-state index in [1.54, 1.807) is 26.0 Å². The van der Waals surface area contributed by atoms with E-state index in [1.807, 2.05) is 6.92 Å². The fourth-order valence-electron chi connectivity index (χ4n) is 4.77. The van der Waals surface area contributed by atoms with Gasteiger partial charge < -0.3 is 5.11 Å². The molecule has 0 saturated carbocycles. The maximum atomic E-state index is 14.5. The van der Waals surface area contributed by atoms with Crippen LogP contribution in [0.5, 0.6) is 5.88 Å². The molecule has 1 atom stereocenters. The van der Waals surface area contributed by atoms with Gasteiger partial charge in [-0.15, -0.1) is 0 Å². The molecule has 2 heterocycles. The van der Waals surface area contributed by atoms with Crippen molar-refractivity contribution in [3.63, 3.8) is 0 Å². The molecule has 0 aliphatic carbocycles. The number of unbranched alkanes of at least 4 members (excludes halogenated alkanes) is 1. The van der Waals surface area contributed by atoms with Crippen LogP contribution in [0.1, 0.15) is 61.7 Å². The average Bonchev–Trinajstić information content (AvgIpc) is 2.95. The summed E-state index contributed by atoms with van der Waals surface area (Å²) < 4.78 is 57.1. The molecule has 4 aromatic rings. The van der Waals surface area contributed by atoms with Crippen molar-refractivity contribution in [2.45, 2.75) is 62.3 Å². The first-order valence-electron chi connectivity index (χ1n) is 13.1. The second-order valence-electron chi connectivity index (χ2n) is 9.54. The highest BCUT2D eigenvalue weighted by molar-refractivity contribution is 7.91. The minimum absolute atomic E-state index is 0.162. The maximum absolute atomic E-state index is 14.5. The second kappa shape index (κ2) is 12.0. The average molecular weight is 579 g/mol. The van der Waals surface area contributed by atoms with Crippen molar-refractivity contribution >= 4 is 9.84 Å². The first-order valence-corrected chi connectivity index (χ1v) is 14.5. The quantitative estimate of drug-likeness (QED) is 0.255. The maximum Gasteiger partial charge on any atom is 0.277 e. The summed E-state index contributed by atoms with van der Waals surface area (Å²) in [6.45, 7) is 5.23. The second-order valence-corrected chi connectivity index (χ2v) is 11.4. The topological polar surface area (TPSA) is 126 Å². The molecule has 11 heteroatoms. The Morgan fingerprint density at radius 2 is 1.80 bits per heavy atom. The number of aryl methyl sites for hydroxylation is 1. The van der Waals surface area contributed by atoms with Gasteiger partial charge in [-0.2, -0.15) is 14.6 Å². The lowest BCUT2D eigenvalue weighted by Crippen LogP contribution is -2.33. The number of nitriles is 1. The molecule has 0 spiro atoms. The first-order chi connectivity index (χ1) is 19.5. The van der Waals surface area contributed by atoms with Gasteiger partial charge in [-0.05, 0) is 66.8 Å². The highest BCUT2D eigenvalue weighted by Crippen LogP contribution is 2.31. The molecule has 0 amide bonds. The van der Waals surface area contributed by atoms with Crippen LogP contribution in [0.25, 0.3) is 11.1 Å². The predicted molar refractivity (Wildman–Crippen MR) is 148 cm³/mol. The highest BCUT2D eigenvalue weighted by atomic mass is 32.2. The number of halogens is 2. The predicted octanol–water partition coefficient (Wildman–Crippen LogP) is 5.64. The van der Waals surface area contributed by atoms with Gasteiger partial charge >= 0.3 is 0 Å². The molecule has 212 valence electrons. The van der Waals surface area contributed by atoms with Crippen molar-refractivity contribution in [1.29, 1.82) is 5.26 Å². The number of aromatic hydroxyl groups is 1. The van der Waals surface area contributed by atoms with Crippen molar-refractivity contribution in [3.8, 4) is 23.1 Å². The molecule has 0 bridgehead atoms. The number of benzene rings is 2. The third-order valence-electron chi connectivity index (χ3n) is 6.97. The summed E-state index contributed by atoms with van der Waals surface area (Å²) >= 11 is 0. The summed E-state index contributed by atoms with van der Waals surface area (Å²) in [5.74, 6) is -2.17. The van der Waals surface area contributed by atoms with Crippen molar-refractivity contribution in [2.24, 2.45) is 0 Å². The lowest BCUT2D eigenvalue weighted by molar-refractivity contribution is 0.406. The van der Waals surface area contributed by atoms with E-state index < -0.39 is 44.0 Å². The summed E-state index contributed by atoms with van der Waals surface area (Å²) in [5.41, 5.74) is 0.545. The Labute approximate surface area is 236 Å². The monoisotopic (exact) mass is 578 g/mol. The number of hydrogen-bond acceptors (Lipinski definition) is 7. The highest BCUT2D eigenvalue weighted by Gasteiger charge is 2.32. The standard InChI is InChI=1S/C30H28F2N4O4S/c1-4-6-7-26-35-29(37)27(30(38)36(26)25(5-2)20-8-9-21(17-33)24(31)16-20)41(39,40)22-12-10-19(11-13-22)23-14-15-34-28(32)18(23)3/h8-16,25,37H,4-7H2,1-3H3. The first kappa shape index (κ1) is 29.6. The summed E-state index contributed by atoms with van der Waals surface area (Å²) in [4.78, 5) is 20.5. The molecule has 0 fully saturated rings. The molecule has 0 saturated heterocycles. The molecule has 2 aromatic heterocycles. The summed E-state index contributed by atoms with van der Waals surface area (Å²) in [6, 6.07) is 12.0. The van der Waals surface area contributed by atoms with Crippen molar-refractivity contribution in [1.82, 2.24) is 14.5 Å². The van der Waals surface area contributed by atoms with Gasteiger partial charge in [0.25, 0.3) is 5.56 Å². The molecule has 2 aromatic carbocycles. The number of hydrogen-bond donors (Lipinski definition) is 1. The molecule has 0 radical (unpaired) electrons. The number of nitrogens with zero attached hydrogens (tertiary/aromatic N) is 4. The van der Waals surface area contributed by atoms with Crippen LogP contribution in [0.4, 0.5) is 8.78 Å². The van der Waals surface area contributed by atoms with E-state index in [4.69, 9.17) is 5.26 Å². The van der Waals surface area contributed by atoms with Gasteiger partial charge in [0.15, 0.2) is 4.90 Å². The van der Waals surface area contributed by atoms with Crippen LogP contribution in [-0.2, 0) is 16.3 Å². The Morgan fingerprint density at radius 1 is 1.10 bits per heavy atom. The van der Waals surface area contributed by atoms with E-state index in [0.717, 1.165) is 12.5 Å². The van der Waals surface area contributed by atoms with E-state index in [0.29, 0.717) is 28.7 Å². The number of pyridine rings is 1. The smallest absolute Gasteiger partial charge is 0.277 e. The van der Waals surface area contributed by atoms with Crippen LogP contribution in [0.2, 0.25) is 0 Å². The Balaban J connectivity index is 1.88. The zero-order valence-corrected chi connectivity index (χ0v) is 23.5. The Hall–Kier alpha value is -4.43. The molecular formula is C30H28F2N4O4S. The van der Waals surface area contributed by atoms with Crippen molar-refractivity contribution < 1.29 is 22.3 Å².